The number of rotatable bonds is 6. The Morgan fingerprint density at radius 2 is 1.88 bits per heavy atom. The number of carbonyl (C=O) groups is 1. The first-order chi connectivity index (χ1) is 15.4. The van der Waals surface area contributed by atoms with E-state index in [-0.39, 0.29) is 18.2 Å². The number of halogens is 1. The topological polar surface area (TPSA) is 72.7 Å². The number of hydrogen-bond acceptors (Lipinski definition) is 6. The van der Waals surface area contributed by atoms with Crippen molar-refractivity contribution in [1.29, 1.82) is 0 Å². The van der Waals surface area contributed by atoms with Gasteiger partial charge in [0.25, 0.3) is 11.6 Å². The zero-order valence-electron chi connectivity index (χ0n) is 16.4. The highest BCUT2D eigenvalue weighted by atomic mass is 127. The van der Waals surface area contributed by atoms with Crippen LogP contribution in [0, 0.1) is 13.7 Å². The van der Waals surface area contributed by atoms with Crippen molar-refractivity contribution in [2.45, 2.75) is 6.61 Å². The highest BCUT2D eigenvalue weighted by Gasteiger charge is 2.33. The Morgan fingerprint density at radius 1 is 1.09 bits per heavy atom. The number of benzene rings is 3. The summed E-state index contributed by atoms with van der Waals surface area (Å²) in [4.78, 5) is 25.5. The molecule has 0 atom stereocenters. The summed E-state index contributed by atoms with van der Waals surface area (Å²) in [6.07, 6.45) is 1.81. The fourth-order valence-corrected chi connectivity index (χ4v) is 5.06. The van der Waals surface area contributed by atoms with Crippen molar-refractivity contribution in [3.8, 4) is 5.75 Å². The third-order valence-corrected chi connectivity index (χ3v) is 6.72. The average molecular weight is 574 g/mol. The quantitative estimate of drug-likeness (QED) is 0.115. The van der Waals surface area contributed by atoms with Crippen molar-refractivity contribution in [2.75, 3.05) is 4.90 Å². The number of nitro benzene ring substituents is 1. The number of amides is 1. The van der Waals surface area contributed by atoms with Crippen LogP contribution in [-0.4, -0.2) is 15.2 Å². The Balaban J connectivity index is 1.48. The molecule has 1 fully saturated rings. The molecule has 6 nitrogen and oxygen atoms in total. The van der Waals surface area contributed by atoms with Gasteiger partial charge in [-0.3, -0.25) is 19.8 Å². The van der Waals surface area contributed by atoms with Gasteiger partial charge in [0.1, 0.15) is 12.4 Å². The molecule has 1 amide bonds. The van der Waals surface area contributed by atoms with E-state index in [1.807, 2.05) is 54.6 Å². The van der Waals surface area contributed by atoms with Gasteiger partial charge < -0.3 is 4.74 Å². The molecule has 0 aromatic heterocycles. The second-order valence-corrected chi connectivity index (χ2v) is 9.60. The highest BCUT2D eigenvalue weighted by molar-refractivity contribution is 14.1. The largest absolute Gasteiger partial charge is 0.488 e. The SMILES string of the molecule is O=C1/C(=C\c2ccc(OCc3cccc([N+](=O)[O-])c3)c(I)c2)SC(=S)N1c1ccccc1. The first-order valence-electron chi connectivity index (χ1n) is 9.41. The van der Waals surface area contributed by atoms with Gasteiger partial charge >= 0.3 is 0 Å². The van der Waals surface area contributed by atoms with Crippen molar-refractivity contribution in [3.05, 3.63) is 103 Å². The lowest BCUT2D eigenvalue weighted by molar-refractivity contribution is -0.384. The van der Waals surface area contributed by atoms with Crippen LogP contribution in [0.3, 0.4) is 0 Å². The van der Waals surface area contributed by atoms with Gasteiger partial charge in [0.05, 0.1) is 19.1 Å². The molecule has 0 aliphatic carbocycles. The smallest absolute Gasteiger partial charge is 0.270 e. The minimum absolute atomic E-state index is 0.0314. The predicted molar refractivity (Wildman–Crippen MR) is 139 cm³/mol. The zero-order valence-corrected chi connectivity index (χ0v) is 20.2. The number of ether oxygens (including phenoxy) is 1. The number of thiocarbonyl (C=S) groups is 1. The number of thioether (sulfide) groups is 1. The minimum atomic E-state index is -0.428. The van der Waals surface area contributed by atoms with Crippen molar-refractivity contribution >= 4 is 74.2 Å². The summed E-state index contributed by atoms with van der Waals surface area (Å²) >= 11 is 8.85. The lowest BCUT2D eigenvalue weighted by atomic mass is 10.2. The number of anilines is 1. The third-order valence-electron chi connectivity index (χ3n) is 4.58. The van der Waals surface area contributed by atoms with Gasteiger partial charge in [0.15, 0.2) is 4.32 Å². The molecule has 0 unspecified atom stereocenters. The molecule has 3 aromatic rings. The molecule has 3 aromatic carbocycles. The fourth-order valence-electron chi connectivity index (χ4n) is 3.06. The lowest BCUT2D eigenvalue weighted by Gasteiger charge is -2.13. The first-order valence-corrected chi connectivity index (χ1v) is 11.7. The summed E-state index contributed by atoms with van der Waals surface area (Å²) in [5.74, 6) is 0.512. The summed E-state index contributed by atoms with van der Waals surface area (Å²) in [5.41, 5.74) is 2.34. The van der Waals surface area contributed by atoms with Crippen LogP contribution in [0.5, 0.6) is 5.75 Å². The number of nitrogens with zero attached hydrogens (tertiary/aromatic N) is 2. The van der Waals surface area contributed by atoms with Crippen LogP contribution >= 0.6 is 46.6 Å². The highest BCUT2D eigenvalue weighted by Crippen LogP contribution is 2.36. The number of nitro groups is 1. The number of non-ortho nitro benzene ring substituents is 1. The number of hydrogen-bond donors (Lipinski definition) is 0. The second kappa shape index (κ2) is 9.80. The van der Waals surface area contributed by atoms with Gasteiger partial charge in [0, 0.05) is 12.1 Å². The standard InChI is InChI=1S/C23H15IN2O4S2/c24-19-12-15(9-10-20(19)30-14-16-5-4-8-18(11-16)26(28)29)13-21-22(27)25(23(31)32-21)17-6-2-1-3-7-17/h1-13H,14H2/b21-13+. The Hall–Kier alpha value is -2.76. The maximum Gasteiger partial charge on any atom is 0.270 e. The molecule has 0 bridgehead atoms. The Kier molecular flexibility index (Phi) is 6.87. The van der Waals surface area contributed by atoms with E-state index < -0.39 is 4.92 Å². The van der Waals surface area contributed by atoms with Gasteiger partial charge in [-0.1, -0.05) is 60.4 Å². The Morgan fingerprint density at radius 3 is 2.59 bits per heavy atom. The molecule has 1 aliphatic rings. The van der Waals surface area contributed by atoms with Gasteiger partial charge in [-0.15, -0.1) is 0 Å². The van der Waals surface area contributed by atoms with Crippen LogP contribution in [0.25, 0.3) is 6.08 Å². The van der Waals surface area contributed by atoms with Crippen LogP contribution in [0.15, 0.2) is 77.7 Å². The second-order valence-electron chi connectivity index (χ2n) is 6.76. The zero-order chi connectivity index (χ0) is 22.7. The van der Waals surface area contributed by atoms with E-state index in [4.69, 9.17) is 17.0 Å². The molecule has 4 rings (SSSR count). The first kappa shape index (κ1) is 22.4. The van der Waals surface area contributed by atoms with E-state index in [1.54, 1.807) is 12.1 Å². The maximum atomic E-state index is 12.9. The molecule has 1 saturated heterocycles. The normalized spacial score (nSPS) is 14.8. The van der Waals surface area contributed by atoms with Crippen LogP contribution < -0.4 is 9.64 Å². The minimum Gasteiger partial charge on any atom is -0.488 e. The van der Waals surface area contributed by atoms with Crippen molar-refractivity contribution in [1.82, 2.24) is 0 Å². The molecule has 0 spiro atoms. The molecule has 1 heterocycles. The summed E-state index contributed by atoms with van der Waals surface area (Å²) < 4.78 is 7.20. The van der Waals surface area contributed by atoms with Crippen molar-refractivity contribution < 1.29 is 14.5 Å². The molecule has 32 heavy (non-hydrogen) atoms. The van der Waals surface area contributed by atoms with Crippen LogP contribution in [0.2, 0.25) is 0 Å². The summed E-state index contributed by atoms with van der Waals surface area (Å²) in [7, 11) is 0. The molecule has 160 valence electrons. The van der Waals surface area contributed by atoms with Gasteiger partial charge in [-0.25, -0.2) is 0 Å². The van der Waals surface area contributed by atoms with E-state index in [2.05, 4.69) is 22.6 Å². The van der Waals surface area contributed by atoms with E-state index >= 15 is 0 Å². The number of carbonyl (C=O) groups excluding carboxylic acids is 1. The molecule has 0 saturated carbocycles. The molecule has 1 aliphatic heterocycles. The van der Waals surface area contributed by atoms with E-state index in [0.717, 1.165) is 14.8 Å². The molecular weight excluding hydrogens is 559 g/mol. The monoisotopic (exact) mass is 574 g/mol. The van der Waals surface area contributed by atoms with E-state index in [0.29, 0.717) is 20.5 Å². The summed E-state index contributed by atoms with van der Waals surface area (Å²) in [5, 5.41) is 10.9. The summed E-state index contributed by atoms with van der Waals surface area (Å²) in [6.45, 7) is 0.215. The lowest BCUT2D eigenvalue weighted by Crippen LogP contribution is -2.27. The Labute approximate surface area is 207 Å². The van der Waals surface area contributed by atoms with E-state index in [9.17, 15) is 14.9 Å². The van der Waals surface area contributed by atoms with Crippen molar-refractivity contribution in [2.24, 2.45) is 0 Å². The van der Waals surface area contributed by atoms with Gasteiger partial charge in [-0.05, 0) is 64.1 Å². The molecule has 0 N–H and O–H groups in total. The van der Waals surface area contributed by atoms with Gasteiger partial charge in [0.2, 0.25) is 0 Å². The third kappa shape index (κ3) is 5.00. The van der Waals surface area contributed by atoms with Crippen LogP contribution in [-0.2, 0) is 11.4 Å². The van der Waals surface area contributed by atoms with E-state index in [1.165, 1.54) is 28.8 Å². The summed E-state index contributed by atoms with van der Waals surface area (Å²) in [6, 6.07) is 21.3. The molecule has 9 heteroatoms. The van der Waals surface area contributed by atoms with Gasteiger partial charge in [-0.2, -0.15) is 0 Å². The predicted octanol–water partition coefficient (Wildman–Crippen LogP) is 6.18. The molecule has 0 radical (unpaired) electrons. The number of para-hydroxylation sites is 1. The van der Waals surface area contributed by atoms with Crippen LogP contribution in [0.1, 0.15) is 11.1 Å². The molecular formula is C23H15IN2O4S2. The average Bonchev–Trinajstić information content (AvgIpc) is 3.06. The Bertz CT molecular complexity index is 1250. The maximum absolute atomic E-state index is 12.9. The van der Waals surface area contributed by atoms with Crippen molar-refractivity contribution in [3.63, 3.8) is 0 Å². The van der Waals surface area contributed by atoms with Crippen LogP contribution in [0.4, 0.5) is 11.4 Å². The fraction of sp³-hybridized carbons (Fsp3) is 0.0435.